The van der Waals surface area contributed by atoms with Crippen LogP contribution in [0.2, 0.25) is 0 Å². The van der Waals surface area contributed by atoms with Gasteiger partial charge in [-0.2, -0.15) is 5.26 Å². The summed E-state index contributed by atoms with van der Waals surface area (Å²) in [5, 5.41) is 12.0. The van der Waals surface area contributed by atoms with Gasteiger partial charge < -0.3 is 10.1 Å². The summed E-state index contributed by atoms with van der Waals surface area (Å²) in [4.78, 5) is 0. The van der Waals surface area contributed by atoms with Crippen LogP contribution in [0.15, 0.2) is 18.2 Å². The highest BCUT2D eigenvalue weighted by Crippen LogP contribution is 2.26. The maximum Gasteiger partial charge on any atom is 0.143 e. The first-order valence-corrected chi connectivity index (χ1v) is 5.71. The summed E-state index contributed by atoms with van der Waals surface area (Å²) in [6, 6.07) is 6.46. The molecule has 0 bridgehead atoms. The van der Waals surface area contributed by atoms with Crippen molar-refractivity contribution in [3.05, 3.63) is 29.6 Å². The molecule has 1 heterocycles. The zero-order chi connectivity index (χ0) is 12.3. The third-order valence-corrected chi connectivity index (χ3v) is 3.08. The van der Waals surface area contributed by atoms with Crippen LogP contribution < -0.4 is 5.32 Å². The Morgan fingerprint density at radius 1 is 1.59 bits per heavy atom. The fraction of sp³-hybridized carbons (Fsp3) is 0.462. The molecule has 3 nitrogen and oxygen atoms in total. The molecule has 1 N–H and O–H groups in total. The van der Waals surface area contributed by atoms with E-state index >= 15 is 0 Å². The minimum Gasteiger partial charge on any atom is -0.381 e. The summed E-state index contributed by atoms with van der Waals surface area (Å²) in [6.07, 6.45) is 2.03. The smallest absolute Gasteiger partial charge is 0.143 e. The highest BCUT2D eigenvalue weighted by Gasteiger charge is 2.29. The lowest BCUT2D eigenvalue weighted by molar-refractivity contribution is 0.0315. The van der Waals surface area contributed by atoms with Gasteiger partial charge in [-0.05, 0) is 31.9 Å². The van der Waals surface area contributed by atoms with Crippen LogP contribution in [0.25, 0.3) is 0 Å². The molecule has 1 aromatic carbocycles. The molecular formula is C13H15FN2O. The van der Waals surface area contributed by atoms with Gasteiger partial charge in [0.1, 0.15) is 17.4 Å². The molecule has 0 radical (unpaired) electrons. The molecule has 90 valence electrons. The van der Waals surface area contributed by atoms with Gasteiger partial charge in [0.2, 0.25) is 0 Å². The van der Waals surface area contributed by atoms with Gasteiger partial charge in [-0.25, -0.2) is 4.39 Å². The Balaban J connectivity index is 2.09. The molecule has 0 amide bonds. The first-order chi connectivity index (χ1) is 8.14. The number of nitriles is 1. The minimum atomic E-state index is -0.491. The van der Waals surface area contributed by atoms with Crippen LogP contribution in [-0.4, -0.2) is 18.8 Å². The molecule has 0 aliphatic carbocycles. The number of ether oxygens (including phenoxy) is 1. The Hall–Kier alpha value is -1.60. The van der Waals surface area contributed by atoms with Crippen molar-refractivity contribution in [2.45, 2.75) is 25.4 Å². The van der Waals surface area contributed by atoms with Crippen molar-refractivity contribution in [3.63, 3.8) is 0 Å². The molecule has 0 saturated carbocycles. The topological polar surface area (TPSA) is 45.0 Å². The summed E-state index contributed by atoms with van der Waals surface area (Å²) in [5.74, 6) is -0.491. The largest absolute Gasteiger partial charge is 0.381 e. The van der Waals surface area contributed by atoms with Crippen LogP contribution in [0, 0.1) is 17.1 Å². The van der Waals surface area contributed by atoms with Crippen LogP contribution in [0.5, 0.6) is 0 Å². The fourth-order valence-corrected chi connectivity index (χ4v) is 2.04. The average molecular weight is 234 g/mol. The second kappa shape index (κ2) is 4.72. The third kappa shape index (κ3) is 2.56. The quantitative estimate of drug-likeness (QED) is 0.874. The van der Waals surface area contributed by atoms with E-state index in [0.29, 0.717) is 12.2 Å². The molecule has 1 atom stereocenters. The Kier molecular flexibility index (Phi) is 3.30. The first-order valence-electron chi connectivity index (χ1n) is 5.71. The van der Waals surface area contributed by atoms with Gasteiger partial charge in [0, 0.05) is 13.2 Å². The van der Waals surface area contributed by atoms with E-state index in [-0.39, 0.29) is 11.2 Å². The van der Waals surface area contributed by atoms with Crippen molar-refractivity contribution >= 4 is 5.69 Å². The van der Waals surface area contributed by atoms with E-state index in [1.807, 2.05) is 13.0 Å². The van der Waals surface area contributed by atoms with Crippen molar-refractivity contribution in [3.8, 4) is 6.07 Å². The lowest BCUT2D eigenvalue weighted by Crippen LogP contribution is -2.32. The zero-order valence-electron chi connectivity index (χ0n) is 9.79. The van der Waals surface area contributed by atoms with E-state index in [0.717, 1.165) is 19.4 Å². The number of halogens is 1. The van der Waals surface area contributed by atoms with Crippen molar-refractivity contribution in [2.75, 3.05) is 18.5 Å². The summed E-state index contributed by atoms with van der Waals surface area (Å²) in [5.41, 5.74) is 0.386. The van der Waals surface area contributed by atoms with Gasteiger partial charge in [-0.3, -0.25) is 0 Å². The Morgan fingerprint density at radius 3 is 3.06 bits per heavy atom. The van der Waals surface area contributed by atoms with E-state index < -0.39 is 5.82 Å². The van der Waals surface area contributed by atoms with Crippen molar-refractivity contribution in [1.29, 1.82) is 5.26 Å². The molecule has 4 heteroatoms. The Labute approximate surface area is 100 Å². The molecule has 0 spiro atoms. The number of benzene rings is 1. The number of hydrogen-bond acceptors (Lipinski definition) is 3. The van der Waals surface area contributed by atoms with E-state index in [2.05, 4.69) is 5.32 Å². The van der Waals surface area contributed by atoms with Crippen molar-refractivity contribution in [1.82, 2.24) is 0 Å². The predicted molar refractivity (Wildman–Crippen MR) is 63.2 cm³/mol. The van der Waals surface area contributed by atoms with Crippen molar-refractivity contribution < 1.29 is 9.13 Å². The van der Waals surface area contributed by atoms with Gasteiger partial charge in [0.15, 0.2) is 0 Å². The number of rotatable bonds is 3. The molecule has 1 fully saturated rings. The second-order valence-corrected chi connectivity index (χ2v) is 4.53. The maximum atomic E-state index is 13.4. The zero-order valence-corrected chi connectivity index (χ0v) is 9.79. The van der Waals surface area contributed by atoms with Crippen LogP contribution in [0.4, 0.5) is 10.1 Å². The SMILES string of the molecule is CC1(CNc2cccc(F)c2C#N)CCCO1. The standard InChI is InChI=1S/C13H15FN2O/c1-13(6-3-7-17-13)9-16-12-5-2-4-11(14)10(12)8-15/h2,4-5,16H,3,6-7,9H2,1H3. The van der Waals surface area contributed by atoms with E-state index in [1.165, 1.54) is 6.07 Å². The maximum absolute atomic E-state index is 13.4. The van der Waals surface area contributed by atoms with Gasteiger partial charge in [-0.15, -0.1) is 0 Å². The van der Waals surface area contributed by atoms with E-state index in [9.17, 15) is 4.39 Å². The lowest BCUT2D eigenvalue weighted by Gasteiger charge is -2.24. The summed E-state index contributed by atoms with van der Waals surface area (Å²) in [7, 11) is 0. The molecule has 1 aliphatic rings. The van der Waals surface area contributed by atoms with Crippen LogP contribution in [0.3, 0.4) is 0 Å². The molecule has 17 heavy (non-hydrogen) atoms. The van der Waals surface area contributed by atoms with Gasteiger partial charge in [0.05, 0.1) is 11.3 Å². The number of nitrogens with one attached hydrogen (secondary N) is 1. The molecular weight excluding hydrogens is 219 g/mol. The highest BCUT2D eigenvalue weighted by atomic mass is 19.1. The fourth-order valence-electron chi connectivity index (χ4n) is 2.04. The van der Waals surface area contributed by atoms with E-state index in [4.69, 9.17) is 10.00 Å². The molecule has 0 aromatic heterocycles. The highest BCUT2D eigenvalue weighted by molar-refractivity contribution is 5.58. The summed E-state index contributed by atoms with van der Waals surface area (Å²) in [6.45, 7) is 3.38. The molecule has 1 aromatic rings. The van der Waals surface area contributed by atoms with Gasteiger partial charge >= 0.3 is 0 Å². The average Bonchev–Trinajstić information content (AvgIpc) is 2.74. The normalized spacial score (nSPS) is 23.4. The van der Waals surface area contributed by atoms with E-state index in [1.54, 1.807) is 12.1 Å². The number of anilines is 1. The van der Waals surface area contributed by atoms with Gasteiger partial charge in [0.25, 0.3) is 0 Å². The minimum absolute atomic E-state index is 0.0640. The molecule has 2 rings (SSSR count). The Bertz CT molecular complexity index is 447. The Morgan fingerprint density at radius 2 is 2.41 bits per heavy atom. The van der Waals surface area contributed by atoms with Crippen LogP contribution in [0.1, 0.15) is 25.3 Å². The predicted octanol–water partition coefficient (Wildman–Crippen LogP) is 2.68. The van der Waals surface area contributed by atoms with Crippen molar-refractivity contribution in [2.24, 2.45) is 0 Å². The summed E-state index contributed by atoms with van der Waals surface area (Å²) < 4.78 is 19.0. The first kappa shape index (κ1) is 11.9. The molecule has 1 unspecified atom stereocenters. The van der Waals surface area contributed by atoms with Crippen LogP contribution >= 0.6 is 0 Å². The third-order valence-electron chi connectivity index (χ3n) is 3.08. The second-order valence-electron chi connectivity index (χ2n) is 4.53. The van der Waals surface area contributed by atoms with Gasteiger partial charge in [-0.1, -0.05) is 6.07 Å². The lowest BCUT2D eigenvalue weighted by atomic mass is 10.0. The molecule has 1 saturated heterocycles. The molecule has 1 aliphatic heterocycles. The van der Waals surface area contributed by atoms with Crippen LogP contribution in [-0.2, 0) is 4.74 Å². The monoisotopic (exact) mass is 234 g/mol. The number of hydrogen-bond donors (Lipinski definition) is 1. The summed E-state index contributed by atoms with van der Waals surface area (Å²) >= 11 is 0. The number of nitrogens with zero attached hydrogens (tertiary/aromatic N) is 1.